The number of ether oxygens (including phenoxy) is 1. The molecule has 0 spiro atoms. The third-order valence-electron chi connectivity index (χ3n) is 4.22. The van der Waals surface area contributed by atoms with Crippen LogP contribution in [0.1, 0.15) is 26.7 Å². The van der Waals surface area contributed by atoms with Crippen LogP contribution < -0.4 is 15.0 Å². The van der Waals surface area contributed by atoms with Gasteiger partial charge in [-0.3, -0.25) is 0 Å². The number of nitrogens with one attached hydrogen (secondary N) is 1. The Bertz CT molecular complexity index is 432. The highest BCUT2D eigenvalue weighted by Crippen LogP contribution is 2.33. The third-order valence-corrected chi connectivity index (χ3v) is 4.54. The Morgan fingerprint density at radius 2 is 2.11 bits per heavy atom. The van der Waals surface area contributed by atoms with E-state index in [4.69, 9.17) is 16.3 Å². The summed E-state index contributed by atoms with van der Waals surface area (Å²) in [5.41, 5.74) is 1.28. The highest BCUT2D eigenvalue weighted by atomic mass is 35.5. The molecule has 1 aliphatic heterocycles. The first kappa shape index (κ1) is 14.5. The van der Waals surface area contributed by atoms with Gasteiger partial charge in [0, 0.05) is 31.2 Å². The highest BCUT2D eigenvalue weighted by molar-refractivity contribution is 6.33. The minimum atomic E-state index is 0.199. The van der Waals surface area contributed by atoms with Crippen molar-refractivity contribution in [2.24, 2.45) is 0 Å². The Hall–Kier alpha value is -0.930. The van der Waals surface area contributed by atoms with Crippen LogP contribution in [0, 0.1) is 0 Å². The normalized spacial score (nSPS) is 18.4. The summed E-state index contributed by atoms with van der Waals surface area (Å²) in [6, 6.07) is 5.85. The molecule has 1 heterocycles. The van der Waals surface area contributed by atoms with E-state index < -0.39 is 0 Å². The molecule has 0 atom stereocenters. The van der Waals surface area contributed by atoms with Gasteiger partial charge in [-0.05, 0) is 25.0 Å². The third kappa shape index (κ3) is 2.98. The van der Waals surface area contributed by atoms with Gasteiger partial charge in [0.05, 0.1) is 17.8 Å². The number of hydrogen-bond donors (Lipinski definition) is 1. The number of rotatable bonds is 4. The van der Waals surface area contributed by atoms with Gasteiger partial charge >= 0.3 is 0 Å². The van der Waals surface area contributed by atoms with Gasteiger partial charge in [0.15, 0.2) is 0 Å². The van der Waals surface area contributed by atoms with Gasteiger partial charge in [-0.15, -0.1) is 0 Å². The molecule has 1 aromatic rings. The van der Waals surface area contributed by atoms with E-state index in [0.29, 0.717) is 0 Å². The molecule has 0 saturated carbocycles. The zero-order valence-corrected chi connectivity index (χ0v) is 12.8. The van der Waals surface area contributed by atoms with Gasteiger partial charge in [0.2, 0.25) is 0 Å². The lowest BCUT2D eigenvalue weighted by Gasteiger charge is -2.44. The first-order valence-corrected chi connectivity index (χ1v) is 7.35. The average Bonchev–Trinajstić information content (AvgIpc) is 2.47. The second kappa shape index (κ2) is 6.02. The molecule has 19 heavy (non-hydrogen) atoms. The lowest BCUT2D eigenvalue weighted by Crippen LogP contribution is -2.60. The van der Waals surface area contributed by atoms with Crippen molar-refractivity contribution in [2.75, 3.05) is 31.6 Å². The summed E-state index contributed by atoms with van der Waals surface area (Å²) in [6.07, 6.45) is 2.25. The largest absolute Gasteiger partial charge is 0.497 e. The standard InChI is InChI=1S/C15H23ClN2O/c1-4-15(5-2)11-18(9-8-17-15)14-10-12(19-3)6-7-13(14)16/h6-7,10,17H,4-5,8-9,11H2,1-3H3. The zero-order chi connectivity index (χ0) is 13.9. The van der Waals surface area contributed by atoms with Crippen molar-refractivity contribution in [2.45, 2.75) is 32.2 Å². The van der Waals surface area contributed by atoms with Crippen LogP contribution >= 0.6 is 11.6 Å². The predicted octanol–water partition coefficient (Wildman–Crippen LogP) is 3.32. The molecule has 4 heteroatoms. The number of piperazine rings is 1. The van der Waals surface area contributed by atoms with Gasteiger partial charge in [0.1, 0.15) is 5.75 Å². The zero-order valence-electron chi connectivity index (χ0n) is 12.0. The number of nitrogens with zero attached hydrogens (tertiary/aromatic N) is 1. The summed E-state index contributed by atoms with van der Waals surface area (Å²) in [4.78, 5) is 2.37. The fourth-order valence-corrected chi connectivity index (χ4v) is 2.98. The summed E-state index contributed by atoms with van der Waals surface area (Å²) < 4.78 is 5.30. The second-order valence-corrected chi connectivity index (χ2v) is 5.56. The van der Waals surface area contributed by atoms with Gasteiger partial charge in [-0.1, -0.05) is 25.4 Å². The lowest BCUT2D eigenvalue weighted by atomic mass is 9.90. The van der Waals surface area contributed by atoms with Crippen LogP contribution in [-0.4, -0.2) is 32.3 Å². The van der Waals surface area contributed by atoms with Gasteiger partial charge < -0.3 is 15.0 Å². The maximum absolute atomic E-state index is 6.35. The van der Waals surface area contributed by atoms with Gasteiger partial charge in [0.25, 0.3) is 0 Å². The first-order chi connectivity index (χ1) is 9.14. The van der Waals surface area contributed by atoms with Crippen molar-refractivity contribution in [3.63, 3.8) is 0 Å². The van der Waals surface area contributed by atoms with Gasteiger partial charge in [-0.25, -0.2) is 0 Å². The van der Waals surface area contributed by atoms with Crippen LogP contribution in [0.3, 0.4) is 0 Å². The quantitative estimate of drug-likeness (QED) is 0.917. The van der Waals surface area contributed by atoms with Crippen LogP contribution in [0.4, 0.5) is 5.69 Å². The van der Waals surface area contributed by atoms with Crippen molar-refractivity contribution in [1.82, 2.24) is 5.32 Å². The first-order valence-electron chi connectivity index (χ1n) is 6.97. The fourth-order valence-electron chi connectivity index (χ4n) is 2.75. The molecule has 2 rings (SSSR count). The Morgan fingerprint density at radius 3 is 2.74 bits per heavy atom. The van der Waals surface area contributed by atoms with Crippen molar-refractivity contribution in [3.8, 4) is 5.75 Å². The SMILES string of the molecule is CCC1(CC)CN(c2cc(OC)ccc2Cl)CCN1. The van der Waals surface area contributed by atoms with E-state index in [-0.39, 0.29) is 5.54 Å². The number of hydrogen-bond acceptors (Lipinski definition) is 3. The van der Waals surface area contributed by atoms with E-state index in [1.807, 2.05) is 18.2 Å². The molecule has 1 aliphatic rings. The van der Waals surface area contributed by atoms with Crippen LogP contribution in [0.2, 0.25) is 5.02 Å². The molecule has 0 radical (unpaired) electrons. The average molecular weight is 283 g/mol. The predicted molar refractivity (Wildman–Crippen MR) is 81.5 cm³/mol. The topological polar surface area (TPSA) is 24.5 Å². The molecular weight excluding hydrogens is 260 g/mol. The maximum Gasteiger partial charge on any atom is 0.121 e. The second-order valence-electron chi connectivity index (χ2n) is 5.15. The smallest absolute Gasteiger partial charge is 0.121 e. The molecule has 1 fully saturated rings. The number of methoxy groups -OCH3 is 1. The molecule has 0 amide bonds. The van der Waals surface area contributed by atoms with E-state index in [0.717, 1.165) is 48.9 Å². The number of halogens is 1. The summed E-state index contributed by atoms with van der Waals surface area (Å²) >= 11 is 6.35. The van der Waals surface area contributed by atoms with Crippen LogP contribution in [-0.2, 0) is 0 Å². The van der Waals surface area contributed by atoms with E-state index in [2.05, 4.69) is 24.1 Å². The van der Waals surface area contributed by atoms with Crippen LogP contribution in [0.15, 0.2) is 18.2 Å². The molecule has 0 unspecified atom stereocenters. The molecule has 1 aromatic carbocycles. The van der Waals surface area contributed by atoms with E-state index in [1.165, 1.54) is 0 Å². The Kier molecular flexibility index (Phi) is 4.58. The molecule has 106 valence electrons. The Morgan fingerprint density at radius 1 is 1.37 bits per heavy atom. The minimum Gasteiger partial charge on any atom is -0.497 e. The van der Waals surface area contributed by atoms with Crippen LogP contribution in [0.5, 0.6) is 5.75 Å². The maximum atomic E-state index is 6.35. The molecule has 1 saturated heterocycles. The lowest BCUT2D eigenvalue weighted by molar-refractivity contribution is 0.277. The summed E-state index contributed by atoms with van der Waals surface area (Å²) in [6.45, 7) is 7.46. The van der Waals surface area contributed by atoms with Crippen molar-refractivity contribution < 1.29 is 4.74 Å². The van der Waals surface area contributed by atoms with Crippen LogP contribution in [0.25, 0.3) is 0 Å². The number of anilines is 1. The number of benzene rings is 1. The molecular formula is C15H23ClN2O. The molecule has 0 bridgehead atoms. The highest BCUT2D eigenvalue weighted by Gasteiger charge is 2.32. The Balaban J connectivity index is 2.26. The molecule has 0 aliphatic carbocycles. The van der Waals surface area contributed by atoms with E-state index in [9.17, 15) is 0 Å². The summed E-state index contributed by atoms with van der Waals surface area (Å²) in [7, 11) is 1.69. The van der Waals surface area contributed by atoms with E-state index in [1.54, 1.807) is 7.11 Å². The molecule has 1 N–H and O–H groups in total. The molecule has 3 nitrogen and oxygen atoms in total. The van der Waals surface area contributed by atoms with Gasteiger partial charge in [-0.2, -0.15) is 0 Å². The minimum absolute atomic E-state index is 0.199. The summed E-state index contributed by atoms with van der Waals surface area (Å²) in [5.74, 6) is 0.858. The van der Waals surface area contributed by atoms with E-state index >= 15 is 0 Å². The van der Waals surface area contributed by atoms with Crippen molar-refractivity contribution >= 4 is 17.3 Å². The summed E-state index contributed by atoms with van der Waals surface area (Å²) in [5, 5.41) is 4.46. The monoisotopic (exact) mass is 282 g/mol. The van der Waals surface area contributed by atoms with Crippen molar-refractivity contribution in [3.05, 3.63) is 23.2 Å². The Labute approximate surface area is 120 Å². The molecule has 0 aromatic heterocycles. The van der Waals surface area contributed by atoms with Crippen molar-refractivity contribution in [1.29, 1.82) is 0 Å². The fraction of sp³-hybridized carbons (Fsp3) is 0.600.